The van der Waals surface area contributed by atoms with Crippen LogP contribution in [0.15, 0.2) is 24.3 Å². The van der Waals surface area contributed by atoms with Crippen LogP contribution in [-0.4, -0.2) is 61.0 Å². The Morgan fingerprint density at radius 2 is 1.91 bits per heavy atom. The number of carbonyl (C=O) groups excluding carboxylic acids is 2. The fourth-order valence-electron chi connectivity index (χ4n) is 2.70. The first-order valence-corrected chi connectivity index (χ1v) is 7.84. The Balaban J connectivity index is 1.94. The van der Waals surface area contributed by atoms with Gasteiger partial charge in [0, 0.05) is 31.7 Å². The number of aryl methyl sites for hydroxylation is 1. The fourth-order valence-corrected chi connectivity index (χ4v) is 2.70. The largest absolute Gasteiger partial charge is 0.465 e. The monoisotopic (exact) mass is 304 g/mol. The van der Waals surface area contributed by atoms with Crippen LogP contribution in [0, 0.1) is 6.92 Å². The van der Waals surface area contributed by atoms with Gasteiger partial charge in [-0.25, -0.2) is 0 Å². The molecular formula is C17H24N2O3. The van der Waals surface area contributed by atoms with E-state index in [9.17, 15) is 9.59 Å². The summed E-state index contributed by atoms with van der Waals surface area (Å²) in [6, 6.07) is 7.66. The number of benzene rings is 1. The van der Waals surface area contributed by atoms with Gasteiger partial charge in [-0.15, -0.1) is 0 Å². The number of ether oxygens (including phenoxy) is 1. The first-order chi connectivity index (χ1) is 10.6. The van der Waals surface area contributed by atoms with Gasteiger partial charge >= 0.3 is 5.97 Å². The molecule has 5 heteroatoms. The van der Waals surface area contributed by atoms with E-state index in [0.717, 1.165) is 30.6 Å². The highest BCUT2D eigenvalue weighted by atomic mass is 16.5. The van der Waals surface area contributed by atoms with Gasteiger partial charge in [0.05, 0.1) is 13.2 Å². The third-order valence-corrected chi connectivity index (χ3v) is 3.91. The van der Waals surface area contributed by atoms with E-state index in [1.54, 1.807) is 0 Å². The average Bonchev–Trinajstić information content (AvgIpc) is 2.73. The number of carbonyl (C=O) groups is 2. The minimum Gasteiger partial charge on any atom is -0.465 e. The van der Waals surface area contributed by atoms with Crippen LogP contribution in [0.5, 0.6) is 0 Å². The highest BCUT2D eigenvalue weighted by molar-refractivity contribution is 5.95. The van der Waals surface area contributed by atoms with Gasteiger partial charge in [-0.05, 0) is 31.9 Å². The smallest absolute Gasteiger partial charge is 0.320 e. The van der Waals surface area contributed by atoms with Crippen LogP contribution in [0.1, 0.15) is 29.3 Å². The molecule has 0 spiro atoms. The maximum Gasteiger partial charge on any atom is 0.320 e. The van der Waals surface area contributed by atoms with Crippen LogP contribution in [-0.2, 0) is 9.53 Å². The molecule has 1 heterocycles. The van der Waals surface area contributed by atoms with Gasteiger partial charge in [-0.3, -0.25) is 14.5 Å². The lowest BCUT2D eigenvalue weighted by molar-refractivity contribution is -0.144. The molecule has 0 aromatic heterocycles. The van der Waals surface area contributed by atoms with E-state index < -0.39 is 0 Å². The van der Waals surface area contributed by atoms with Crippen molar-refractivity contribution in [2.75, 3.05) is 39.3 Å². The second kappa shape index (κ2) is 7.94. The van der Waals surface area contributed by atoms with E-state index in [-0.39, 0.29) is 11.9 Å². The standard InChI is InChI=1S/C17H24N2O3/c1-3-22-16(20)13-18-9-6-10-19(12-11-18)17(21)15-8-5-4-7-14(15)2/h4-5,7-8H,3,6,9-13H2,1-2H3. The Morgan fingerprint density at radius 3 is 2.64 bits per heavy atom. The Morgan fingerprint density at radius 1 is 1.14 bits per heavy atom. The number of hydrogen-bond donors (Lipinski definition) is 0. The summed E-state index contributed by atoms with van der Waals surface area (Å²) in [5.74, 6) is -0.114. The minimum atomic E-state index is -0.193. The van der Waals surface area contributed by atoms with Crippen molar-refractivity contribution < 1.29 is 14.3 Å². The molecule has 0 aliphatic carbocycles. The summed E-state index contributed by atoms with van der Waals surface area (Å²) in [5.41, 5.74) is 1.77. The van der Waals surface area contributed by atoms with Crippen molar-refractivity contribution in [1.29, 1.82) is 0 Å². The molecule has 22 heavy (non-hydrogen) atoms. The molecule has 0 N–H and O–H groups in total. The van der Waals surface area contributed by atoms with Crippen LogP contribution >= 0.6 is 0 Å². The van der Waals surface area contributed by atoms with E-state index in [1.807, 2.05) is 43.0 Å². The molecule has 120 valence electrons. The Kier molecular flexibility index (Phi) is 5.95. The van der Waals surface area contributed by atoms with Crippen molar-refractivity contribution >= 4 is 11.9 Å². The van der Waals surface area contributed by atoms with Crippen LogP contribution < -0.4 is 0 Å². The van der Waals surface area contributed by atoms with Gasteiger partial charge in [-0.2, -0.15) is 0 Å². The van der Waals surface area contributed by atoms with Crippen LogP contribution in [0.3, 0.4) is 0 Å². The lowest BCUT2D eigenvalue weighted by Gasteiger charge is -2.22. The summed E-state index contributed by atoms with van der Waals surface area (Å²) in [5, 5.41) is 0. The van der Waals surface area contributed by atoms with E-state index >= 15 is 0 Å². The fraction of sp³-hybridized carbons (Fsp3) is 0.529. The molecule has 1 aliphatic heterocycles. The van der Waals surface area contributed by atoms with Gasteiger partial charge in [0.15, 0.2) is 0 Å². The maximum atomic E-state index is 12.6. The molecule has 1 fully saturated rings. The molecule has 1 aromatic carbocycles. The molecule has 1 aliphatic rings. The molecule has 1 saturated heterocycles. The zero-order chi connectivity index (χ0) is 15.9. The van der Waals surface area contributed by atoms with Gasteiger partial charge < -0.3 is 9.64 Å². The molecule has 0 atom stereocenters. The van der Waals surface area contributed by atoms with Crippen molar-refractivity contribution in [3.8, 4) is 0 Å². The Bertz CT molecular complexity index is 530. The molecule has 5 nitrogen and oxygen atoms in total. The Labute approximate surface area is 131 Å². The zero-order valence-electron chi connectivity index (χ0n) is 13.4. The number of amides is 1. The molecule has 0 unspecified atom stereocenters. The third kappa shape index (κ3) is 4.31. The Hall–Kier alpha value is -1.88. The van der Waals surface area contributed by atoms with Gasteiger partial charge in [0.1, 0.15) is 0 Å². The molecule has 1 amide bonds. The summed E-state index contributed by atoms with van der Waals surface area (Å²) in [6.07, 6.45) is 0.872. The first-order valence-electron chi connectivity index (χ1n) is 7.84. The SMILES string of the molecule is CCOC(=O)CN1CCCN(C(=O)c2ccccc2C)CC1. The average molecular weight is 304 g/mol. The van der Waals surface area contributed by atoms with Gasteiger partial charge in [0.2, 0.25) is 0 Å². The maximum absolute atomic E-state index is 12.6. The molecule has 0 bridgehead atoms. The minimum absolute atomic E-state index is 0.0797. The molecular weight excluding hydrogens is 280 g/mol. The predicted molar refractivity (Wildman–Crippen MR) is 84.8 cm³/mol. The lowest BCUT2D eigenvalue weighted by atomic mass is 10.1. The van der Waals surface area contributed by atoms with Crippen LogP contribution in [0.4, 0.5) is 0 Å². The quantitative estimate of drug-likeness (QED) is 0.795. The first kappa shape index (κ1) is 16.5. The van der Waals surface area contributed by atoms with Crippen molar-refractivity contribution in [2.45, 2.75) is 20.3 Å². The summed E-state index contributed by atoms with van der Waals surface area (Å²) in [4.78, 5) is 28.1. The molecule has 0 radical (unpaired) electrons. The van der Waals surface area contributed by atoms with Crippen molar-refractivity contribution in [2.24, 2.45) is 0 Å². The van der Waals surface area contributed by atoms with Crippen LogP contribution in [0.25, 0.3) is 0 Å². The number of esters is 1. The third-order valence-electron chi connectivity index (χ3n) is 3.91. The number of nitrogens with zero attached hydrogens (tertiary/aromatic N) is 2. The predicted octanol–water partition coefficient (Wildman–Crippen LogP) is 1.71. The van der Waals surface area contributed by atoms with Crippen molar-refractivity contribution in [3.05, 3.63) is 35.4 Å². The van der Waals surface area contributed by atoms with Gasteiger partial charge in [-0.1, -0.05) is 18.2 Å². The molecule has 2 rings (SSSR count). The second-order valence-corrected chi connectivity index (χ2v) is 5.54. The summed E-state index contributed by atoms with van der Waals surface area (Å²) in [7, 11) is 0. The second-order valence-electron chi connectivity index (χ2n) is 5.54. The molecule has 0 saturated carbocycles. The van der Waals surface area contributed by atoms with Crippen molar-refractivity contribution in [1.82, 2.24) is 9.80 Å². The van der Waals surface area contributed by atoms with E-state index in [4.69, 9.17) is 4.74 Å². The molecule has 1 aromatic rings. The van der Waals surface area contributed by atoms with Gasteiger partial charge in [0.25, 0.3) is 5.91 Å². The topological polar surface area (TPSA) is 49.9 Å². The van der Waals surface area contributed by atoms with Crippen molar-refractivity contribution in [3.63, 3.8) is 0 Å². The highest BCUT2D eigenvalue weighted by Crippen LogP contribution is 2.13. The normalized spacial score (nSPS) is 16.2. The lowest BCUT2D eigenvalue weighted by Crippen LogP contribution is -2.37. The number of rotatable bonds is 4. The van der Waals surface area contributed by atoms with E-state index in [1.165, 1.54) is 0 Å². The summed E-state index contributed by atoms with van der Waals surface area (Å²) in [6.45, 7) is 7.37. The van der Waals surface area contributed by atoms with E-state index in [2.05, 4.69) is 4.90 Å². The number of hydrogen-bond acceptors (Lipinski definition) is 4. The van der Waals surface area contributed by atoms with E-state index in [0.29, 0.717) is 26.2 Å². The summed E-state index contributed by atoms with van der Waals surface area (Å²) < 4.78 is 4.98. The highest BCUT2D eigenvalue weighted by Gasteiger charge is 2.22. The van der Waals surface area contributed by atoms with Crippen LogP contribution in [0.2, 0.25) is 0 Å². The zero-order valence-corrected chi connectivity index (χ0v) is 13.4. The summed E-state index contributed by atoms with van der Waals surface area (Å²) >= 11 is 0.